The molecule has 170 valence electrons. The zero-order chi connectivity index (χ0) is 23.7. The number of aryl methyl sites for hydroxylation is 1. The maximum absolute atomic E-state index is 12.6. The van der Waals surface area contributed by atoms with Crippen LogP contribution in [0, 0.1) is 11.3 Å². The van der Waals surface area contributed by atoms with E-state index in [1.54, 1.807) is 35.9 Å². The minimum atomic E-state index is -0.104. The molecule has 0 spiro atoms. The number of hydrogen-bond donors (Lipinski definition) is 1. The number of nitrogens with zero attached hydrogens (tertiary/aromatic N) is 5. The van der Waals surface area contributed by atoms with Gasteiger partial charge in [-0.1, -0.05) is 48.5 Å². The Labute approximate surface area is 197 Å². The molecule has 2 aromatic carbocycles. The minimum Gasteiger partial charge on any atom is -0.508 e. The first kappa shape index (κ1) is 21.7. The molecule has 1 unspecified atom stereocenters. The van der Waals surface area contributed by atoms with Crippen molar-refractivity contribution in [2.24, 2.45) is 7.05 Å². The van der Waals surface area contributed by atoms with E-state index in [1.807, 2.05) is 36.4 Å². The van der Waals surface area contributed by atoms with Crippen LogP contribution in [-0.4, -0.2) is 45.7 Å². The van der Waals surface area contributed by atoms with Gasteiger partial charge in [0.2, 0.25) is 0 Å². The van der Waals surface area contributed by atoms with E-state index in [2.05, 4.69) is 33.0 Å². The average Bonchev–Trinajstić information content (AvgIpc) is 2.88. The lowest BCUT2D eigenvalue weighted by atomic mass is 9.95. The third kappa shape index (κ3) is 3.89. The summed E-state index contributed by atoms with van der Waals surface area (Å²) < 4.78 is 1.56. The molecule has 3 heterocycles. The Bertz CT molecular complexity index is 1430. The molecule has 4 aromatic rings. The first-order chi connectivity index (χ1) is 16.6. The van der Waals surface area contributed by atoms with Crippen molar-refractivity contribution in [3.63, 3.8) is 0 Å². The first-order valence-electron chi connectivity index (χ1n) is 11.3. The van der Waals surface area contributed by atoms with Gasteiger partial charge in [-0.25, -0.2) is 4.98 Å². The molecular formula is C27H25N5O2. The number of para-hydroxylation sites is 1. The fourth-order valence-corrected chi connectivity index (χ4v) is 4.78. The molecule has 0 amide bonds. The van der Waals surface area contributed by atoms with Crippen LogP contribution >= 0.6 is 0 Å². The fourth-order valence-electron chi connectivity index (χ4n) is 4.78. The van der Waals surface area contributed by atoms with Gasteiger partial charge in [-0.05, 0) is 23.8 Å². The van der Waals surface area contributed by atoms with Gasteiger partial charge in [-0.15, -0.1) is 0 Å². The zero-order valence-electron chi connectivity index (χ0n) is 18.9. The number of phenols is 1. The van der Waals surface area contributed by atoms with E-state index >= 15 is 0 Å². The number of rotatable bonds is 4. The van der Waals surface area contributed by atoms with Crippen LogP contribution in [0.3, 0.4) is 0 Å². The summed E-state index contributed by atoms with van der Waals surface area (Å²) in [4.78, 5) is 21.7. The maximum atomic E-state index is 12.6. The zero-order valence-corrected chi connectivity index (χ0v) is 18.9. The Kier molecular flexibility index (Phi) is 5.74. The Morgan fingerprint density at radius 2 is 1.68 bits per heavy atom. The summed E-state index contributed by atoms with van der Waals surface area (Å²) in [7, 11) is 1.72. The van der Waals surface area contributed by atoms with Crippen molar-refractivity contribution in [1.82, 2.24) is 14.5 Å². The molecule has 0 bridgehead atoms. The van der Waals surface area contributed by atoms with E-state index in [-0.39, 0.29) is 17.4 Å². The van der Waals surface area contributed by atoms with Gasteiger partial charge >= 0.3 is 0 Å². The molecule has 5 rings (SSSR count). The third-order valence-corrected chi connectivity index (χ3v) is 6.55. The lowest BCUT2D eigenvalue weighted by Crippen LogP contribution is -2.48. The summed E-state index contributed by atoms with van der Waals surface area (Å²) in [5, 5.41) is 20.0. The summed E-state index contributed by atoms with van der Waals surface area (Å²) in [6.07, 6.45) is 0. The second-order valence-electron chi connectivity index (χ2n) is 8.50. The lowest BCUT2D eigenvalue weighted by Gasteiger charge is -2.41. The summed E-state index contributed by atoms with van der Waals surface area (Å²) in [5.74, 6) is 0.282. The Morgan fingerprint density at radius 1 is 0.971 bits per heavy atom. The van der Waals surface area contributed by atoms with E-state index in [0.717, 1.165) is 29.9 Å². The number of anilines is 1. The largest absolute Gasteiger partial charge is 0.508 e. The number of benzene rings is 2. The normalized spacial score (nSPS) is 15.2. The average molecular weight is 452 g/mol. The summed E-state index contributed by atoms with van der Waals surface area (Å²) in [6, 6.07) is 24.8. The monoisotopic (exact) mass is 451 g/mol. The summed E-state index contributed by atoms with van der Waals surface area (Å²) in [5.41, 5.74) is 4.35. The molecule has 0 aliphatic carbocycles. The highest BCUT2D eigenvalue weighted by molar-refractivity contribution is 5.88. The number of hydrogen-bond acceptors (Lipinski definition) is 6. The minimum absolute atomic E-state index is 0.0757. The van der Waals surface area contributed by atoms with Crippen LogP contribution in [0.15, 0.2) is 77.6 Å². The molecule has 7 nitrogen and oxygen atoms in total. The van der Waals surface area contributed by atoms with Crippen LogP contribution in [0.2, 0.25) is 0 Å². The number of aromatic nitrogens is 2. The predicted octanol–water partition coefficient (Wildman–Crippen LogP) is 3.42. The molecule has 34 heavy (non-hydrogen) atoms. The second kappa shape index (κ2) is 9.00. The highest BCUT2D eigenvalue weighted by Crippen LogP contribution is 2.35. The Balaban J connectivity index is 1.48. The molecule has 1 saturated heterocycles. The van der Waals surface area contributed by atoms with Crippen molar-refractivity contribution in [3.8, 4) is 11.8 Å². The van der Waals surface area contributed by atoms with Crippen LogP contribution in [0.25, 0.3) is 11.0 Å². The van der Waals surface area contributed by atoms with E-state index in [4.69, 9.17) is 0 Å². The maximum Gasteiger partial charge on any atom is 0.252 e. The molecule has 1 atom stereocenters. The molecule has 7 heteroatoms. The quantitative estimate of drug-likeness (QED) is 0.512. The SMILES string of the molecule is Cn1c(=O)cc(N2CCN(C(c3ccccc3)c3ccccc3O)CC2)c2nc(C#N)ccc21. The van der Waals surface area contributed by atoms with E-state index < -0.39 is 0 Å². The smallest absolute Gasteiger partial charge is 0.252 e. The third-order valence-electron chi connectivity index (χ3n) is 6.55. The molecule has 2 aromatic heterocycles. The number of pyridine rings is 2. The van der Waals surface area contributed by atoms with Crippen LogP contribution in [0.5, 0.6) is 5.75 Å². The number of phenolic OH excluding ortho intramolecular Hbond substituents is 1. The lowest BCUT2D eigenvalue weighted by molar-refractivity contribution is 0.209. The highest BCUT2D eigenvalue weighted by atomic mass is 16.3. The molecule has 0 radical (unpaired) electrons. The van der Waals surface area contributed by atoms with E-state index in [0.29, 0.717) is 29.8 Å². The van der Waals surface area contributed by atoms with Gasteiger partial charge < -0.3 is 14.6 Å². The molecule has 1 aliphatic heterocycles. The number of piperazine rings is 1. The van der Waals surface area contributed by atoms with Crippen molar-refractivity contribution in [2.45, 2.75) is 6.04 Å². The Hall–Kier alpha value is -4.15. The molecule has 0 saturated carbocycles. The van der Waals surface area contributed by atoms with Gasteiger partial charge in [0.05, 0.1) is 17.2 Å². The van der Waals surface area contributed by atoms with Crippen molar-refractivity contribution in [1.29, 1.82) is 5.26 Å². The van der Waals surface area contributed by atoms with Gasteiger partial charge in [0.25, 0.3) is 5.56 Å². The first-order valence-corrected chi connectivity index (χ1v) is 11.3. The van der Waals surface area contributed by atoms with Gasteiger partial charge in [-0.2, -0.15) is 5.26 Å². The van der Waals surface area contributed by atoms with Crippen LogP contribution < -0.4 is 10.5 Å². The van der Waals surface area contributed by atoms with Crippen LogP contribution in [0.1, 0.15) is 22.9 Å². The molecular weight excluding hydrogens is 426 g/mol. The van der Waals surface area contributed by atoms with Gasteiger partial charge in [0.1, 0.15) is 23.0 Å². The topological polar surface area (TPSA) is 85.4 Å². The van der Waals surface area contributed by atoms with Crippen molar-refractivity contribution < 1.29 is 5.11 Å². The van der Waals surface area contributed by atoms with Crippen molar-refractivity contribution in [2.75, 3.05) is 31.1 Å². The molecule has 1 aliphatic rings. The molecule has 1 N–H and O–H groups in total. The standard InChI is InChI=1S/C27H25N5O2/c1-30-22-12-11-20(18-28)29-26(22)23(17-25(30)34)31-13-15-32(16-14-31)27(19-7-3-2-4-8-19)21-9-5-6-10-24(21)33/h2-12,17,27,33H,13-16H2,1H3. The van der Waals surface area contributed by atoms with Gasteiger partial charge in [0.15, 0.2) is 0 Å². The number of nitriles is 1. The number of aromatic hydroxyl groups is 1. The number of fused-ring (bicyclic) bond motifs is 1. The summed E-state index contributed by atoms with van der Waals surface area (Å²) >= 11 is 0. The van der Waals surface area contributed by atoms with Gasteiger partial charge in [-0.3, -0.25) is 9.69 Å². The van der Waals surface area contributed by atoms with Crippen molar-refractivity contribution >= 4 is 16.7 Å². The summed E-state index contributed by atoms with van der Waals surface area (Å²) in [6.45, 7) is 2.86. The van der Waals surface area contributed by atoms with E-state index in [1.165, 1.54) is 0 Å². The van der Waals surface area contributed by atoms with Gasteiger partial charge in [0, 0.05) is 44.9 Å². The fraction of sp³-hybridized carbons (Fsp3) is 0.222. The predicted molar refractivity (Wildman–Crippen MR) is 132 cm³/mol. The second-order valence-corrected chi connectivity index (χ2v) is 8.50. The molecule has 1 fully saturated rings. The highest BCUT2D eigenvalue weighted by Gasteiger charge is 2.29. The van der Waals surface area contributed by atoms with Crippen LogP contribution in [-0.2, 0) is 7.05 Å². The van der Waals surface area contributed by atoms with Crippen molar-refractivity contribution in [3.05, 3.63) is 100.0 Å². The Morgan fingerprint density at radius 3 is 2.38 bits per heavy atom. The van der Waals surface area contributed by atoms with E-state index in [9.17, 15) is 15.2 Å². The van der Waals surface area contributed by atoms with Crippen LogP contribution in [0.4, 0.5) is 5.69 Å².